The fourth-order valence-electron chi connectivity index (χ4n) is 5.10. The van der Waals surface area contributed by atoms with E-state index in [0.29, 0.717) is 24.5 Å². The van der Waals surface area contributed by atoms with E-state index in [1.54, 1.807) is 0 Å². The van der Waals surface area contributed by atoms with Crippen molar-refractivity contribution in [2.75, 3.05) is 20.3 Å². The lowest BCUT2D eigenvalue weighted by Gasteiger charge is -2.42. The predicted molar refractivity (Wildman–Crippen MR) is 122 cm³/mol. The molecule has 0 aromatic heterocycles. The molecule has 1 N–H and O–H groups in total. The molecule has 1 fully saturated rings. The molecule has 174 valence electrons. The molecule has 9 heteroatoms. The second-order valence-electron chi connectivity index (χ2n) is 9.17. The van der Waals surface area contributed by atoms with Crippen LogP contribution in [0.3, 0.4) is 0 Å². The SMILES string of the molecule is COc1cc(C(=O)N2CCC[C@H]2CO)c([N+](=O)[O-])cc1O[Si](C(C)C)(C(C)C)C(C)C. The molecular formula is C22H36N2O6Si. The topological polar surface area (TPSA) is 102 Å². The Labute approximate surface area is 185 Å². The molecule has 1 aliphatic heterocycles. The maximum Gasteiger partial charge on any atom is 0.286 e. The monoisotopic (exact) mass is 452 g/mol. The fourth-order valence-corrected chi connectivity index (χ4v) is 10.3. The van der Waals surface area contributed by atoms with Crippen LogP contribution in [0.1, 0.15) is 64.7 Å². The third-order valence-electron chi connectivity index (χ3n) is 6.55. The number of ether oxygens (including phenoxy) is 1. The molecule has 1 aromatic rings. The van der Waals surface area contributed by atoms with Crippen molar-refractivity contribution in [2.24, 2.45) is 0 Å². The lowest BCUT2D eigenvalue weighted by atomic mass is 10.1. The summed E-state index contributed by atoms with van der Waals surface area (Å²) in [5.41, 5.74) is 0.469. The Bertz CT molecular complexity index is 790. The summed E-state index contributed by atoms with van der Waals surface area (Å²) in [6.45, 7) is 13.1. The summed E-state index contributed by atoms with van der Waals surface area (Å²) in [5, 5.41) is 21.5. The van der Waals surface area contributed by atoms with E-state index in [2.05, 4.69) is 41.5 Å². The molecule has 0 unspecified atom stereocenters. The minimum Gasteiger partial charge on any atom is -0.540 e. The smallest absolute Gasteiger partial charge is 0.286 e. The number of carbonyl (C=O) groups excluding carboxylic acids is 1. The summed E-state index contributed by atoms with van der Waals surface area (Å²) in [5.74, 6) is 0.161. The zero-order valence-electron chi connectivity index (χ0n) is 19.7. The van der Waals surface area contributed by atoms with Crippen LogP contribution < -0.4 is 9.16 Å². The number of methoxy groups -OCH3 is 1. The molecule has 0 radical (unpaired) electrons. The Kier molecular flexibility index (Phi) is 8.10. The van der Waals surface area contributed by atoms with Gasteiger partial charge in [0, 0.05) is 12.6 Å². The van der Waals surface area contributed by atoms with Gasteiger partial charge in [-0.25, -0.2) is 0 Å². The van der Waals surface area contributed by atoms with Crippen molar-refractivity contribution in [3.63, 3.8) is 0 Å². The van der Waals surface area contributed by atoms with Crippen LogP contribution in [0.4, 0.5) is 5.69 Å². The molecule has 0 saturated carbocycles. The van der Waals surface area contributed by atoms with E-state index in [1.165, 1.54) is 24.1 Å². The van der Waals surface area contributed by atoms with Gasteiger partial charge in [0.2, 0.25) is 0 Å². The van der Waals surface area contributed by atoms with Gasteiger partial charge in [-0.05, 0) is 29.5 Å². The first-order valence-corrected chi connectivity index (χ1v) is 13.1. The van der Waals surface area contributed by atoms with Crippen LogP contribution in [0.2, 0.25) is 16.6 Å². The van der Waals surface area contributed by atoms with Crippen molar-refractivity contribution < 1.29 is 24.0 Å². The van der Waals surface area contributed by atoms with Crippen molar-refractivity contribution in [3.05, 3.63) is 27.8 Å². The molecule has 2 rings (SSSR count). The van der Waals surface area contributed by atoms with Crippen molar-refractivity contribution in [1.29, 1.82) is 0 Å². The molecule has 0 bridgehead atoms. The Morgan fingerprint density at radius 2 is 1.77 bits per heavy atom. The first kappa shape index (κ1) is 25.1. The number of aliphatic hydroxyl groups is 1. The highest BCUT2D eigenvalue weighted by molar-refractivity contribution is 6.78. The number of hydrogen-bond acceptors (Lipinski definition) is 6. The van der Waals surface area contributed by atoms with Crippen molar-refractivity contribution in [2.45, 2.75) is 77.0 Å². The van der Waals surface area contributed by atoms with Crippen LogP contribution >= 0.6 is 0 Å². The molecule has 0 spiro atoms. The van der Waals surface area contributed by atoms with E-state index < -0.39 is 19.1 Å². The zero-order valence-corrected chi connectivity index (χ0v) is 20.7. The van der Waals surface area contributed by atoms with E-state index >= 15 is 0 Å². The summed E-state index contributed by atoms with van der Waals surface area (Å²) in [6, 6.07) is 2.44. The summed E-state index contributed by atoms with van der Waals surface area (Å²) in [4.78, 5) is 26.0. The van der Waals surface area contributed by atoms with E-state index in [9.17, 15) is 20.0 Å². The Morgan fingerprint density at radius 3 is 2.23 bits per heavy atom. The van der Waals surface area contributed by atoms with Crippen LogP contribution in [0, 0.1) is 10.1 Å². The van der Waals surface area contributed by atoms with Gasteiger partial charge in [0.1, 0.15) is 5.56 Å². The molecule has 1 aromatic carbocycles. The maximum atomic E-state index is 13.2. The highest BCUT2D eigenvalue weighted by atomic mass is 28.4. The van der Waals surface area contributed by atoms with Crippen LogP contribution in [0.25, 0.3) is 0 Å². The van der Waals surface area contributed by atoms with Crippen molar-refractivity contribution in [1.82, 2.24) is 4.90 Å². The maximum absolute atomic E-state index is 13.2. The lowest BCUT2D eigenvalue weighted by molar-refractivity contribution is -0.385. The van der Waals surface area contributed by atoms with Gasteiger partial charge in [0.15, 0.2) is 11.5 Å². The summed E-state index contributed by atoms with van der Waals surface area (Å²) < 4.78 is 12.2. The second kappa shape index (κ2) is 9.99. The van der Waals surface area contributed by atoms with Gasteiger partial charge < -0.3 is 19.2 Å². The Morgan fingerprint density at radius 1 is 1.19 bits per heavy atom. The van der Waals surface area contributed by atoms with Gasteiger partial charge in [-0.15, -0.1) is 0 Å². The normalized spacial score (nSPS) is 17.0. The van der Waals surface area contributed by atoms with Crippen molar-refractivity contribution in [3.8, 4) is 11.5 Å². The molecule has 1 atom stereocenters. The molecule has 0 aliphatic carbocycles. The number of likely N-dealkylation sites (tertiary alicyclic amines) is 1. The number of nitro groups is 1. The second-order valence-corrected chi connectivity index (χ2v) is 14.5. The number of nitrogens with zero attached hydrogens (tertiary/aromatic N) is 2. The van der Waals surface area contributed by atoms with Crippen molar-refractivity contribution >= 4 is 19.9 Å². The number of benzene rings is 1. The average molecular weight is 453 g/mol. The standard InChI is InChI=1S/C22H36N2O6Si/c1-14(2)31(15(3)4,16(5)6)30-21-12-19(24(27)28)18(11-20(21)29-7)22(26)23-10-8-9-17(23)13-25/h11-12,14-17,25H,8-10,13H2,1-7H3/t17-/m0/s1. The molecule has 8 nitrogen and oxygen atoms in total. The van der Waals surface area contributed by atoms with Gasteiger partial charge in [-0.3, -0.25) is 14.9 Å². The largest absolute Gasteiger partial charge is 0.540 e. The summed E-state index contributed by atoms with van der Waals surface area (Å²) in [6.07, 6.45) is 1.44. The molecule has 1 saturated heterocycles. The number of amides is 1. The highest BCUT2D eigenvalue weighted by Gasteiger charge is 2.48. The number of carbonyl (C=O) groups is 1. The lowest BCUT2D eigenvalue weighted by Crippen LogP contribution is -2.50. The van der Waals surface area contributed by atoms with E-state index in [1.807, 2.05) is 0 Å². The van der Waals surface area contributed by atoms with Crippen LogP contribution in [0.15, 0.2) is 12.1 Å². The molecular weight excluding hydrogens is 416 g/mol. The van der Waals surface area contributed by atoms with E-state index in [-0.39, 0.29) is 40.5 Å². The number of hydrogen-bond donors (Lipinski definition) is 1. The van der Waals surface area contributed by atoms with Gasteiger partial charge in [-0.2, -0.15) is 0 Å². The minimum absolute atomic E-state index is 0.0412. The zero-order chi connectivity index (χ0) is 23.5. The van der Waals surface area contributed by atoms with Crippen LogP contribution in [-0.2, 0) is 0 Å². The Hall–Kier alpha value is -2.13. The number of nitro benzene ring substituents is 1. The fraction of sp³-hybridized carbons (Fsp3) is 0.682. The quantitative estimate of drug-likeness (QED) is 0.329. The first-order valence-electron chi connectivity index (χ1n) is 11.0. The van der Waals surface area contributed by atoms with Gasteiger partial charge in [0.05, 0.1) is 30.7 Å². The number of aliphatic hydroxyl groups excluding tert-OH is 1. The minimum atomic E-state index is -2.39. The van der Waals surface area contributed by atoms with E-state index in [0.717, 1.165) is 6.42 Å². The molecule has 1 amide bonds. The Balaban J connectivity index is 2.60. The third-order valence-corrected chi connectivity index (χ3v) is 12.5. The van der Waals surface area contributed by atoms with Gasteiger partial charge in [-0.1, -0.05) is 41.5 Å². The molecule has 1 heterocycles. The summed E-state index contributed by atoms with van der Waals surface area (Å²) in [7, 11) is -0.921. The van der Waals surface area contributed by atoms with E-state index in [4.69, 9.17) is 9.16 Å². The third kappa shape index (κ3) is 4.72. The average Bonchev–Trinajstić information content (AvgIpc) is 3.18. The van der Waals surface area contributed by atoms with Gasteiger partial charge >= 0.3 is 0 Å². The molecule has 31 heavy (non-hydrogen) atoms. The first-order chi connectivity index (χ1) is 14.5. The van der Waals surface area contributed by atoms with Crippen LogP contribution in [-0.4, -0.2) is 55.5 Å². The highest BCUT2D eigenvalue weighted by Crippen LogP contribution is 2.46. The predicted octanol–water partition coefficient (Wildman–Crippen LogP) is 4.75. The van der Waals surface area contributed by atoms with Crippen LogP contribution in [0.5, 0.6) is 11.5 Å². The molecule has 1 aliphatic rings. The summed E-state index contributed by atoms with van der Waals surface area (Å²) >= 11 is 0. The number of rotatable bonds is 9. The van der Waals surface area contributed by atoms with Gasteiger partial charge in [0.25, 0.3) is 19.9 Å².